The van der Waals surface area contributed by atoms with Gasteiger partial charge in [-0.3, -0.25) is 19.3 Å². The Morgan fingerprint density at radius 1 is 1.35 bits per heavy atom. The first-order valence-corrected chi connectivity index (χ1v) is 16.0. The van der Waals surface area contributed by atoms with Gasteiger partial charge in [0.15, 0.2) is 23.2 Å². The predicted molar refractivity (Wildman–Crippen MR) is 158 cm³/mol. The number of thioether (sulfide) groups is 2. The number of aliphatic carboxylic acids is 1. The monoisotopic (exact) mass is 666 g/mol. The van der Waals surface area contributed by atoms with Crippen LogP contribution in [0.4, 0.5) is 5.13 Å². The molecule has 20 heteroatoms. The summed E-state index contributed by atoms with van der Waals surface area (Å²) in [6.07, 6.45) is 2.66. The van der Waals surface area contributed by atoms with E-state index in [1.165, 1.54) is 45.3 Å². The van der Waals surface area contributed by atoms with Crippen molar-refractivity contribution >= 4 is 75.0 Å². The quantitative estimate of drug-likeness (QED) is 0.0886. The maximum Gasteiger partial charge on any atom is 0.352 e. The Morgan fingerprint density at radius 2 is 2.16 bits per heavy atom. The fraction of sp³-hybridized carbons (Fsp3) is 0.304. The average molecular weight is 667 g/mol. The van der Waals surface area contributed by atoms with E-state index in [-0.39, 0.29) is 41.1 Å². The molecule has 43 heavy (non-hydrogen) atoms. The Labute approximate surface area is 258 Å². The summed E-state index contributed by atoms with van der Waals surface area (Å²) in [5, 5.41) is 30.9. The summed E-state index contributed by atoms with van der Waals surface area (Å²) in [6, 6.07) is 0.0607. The van der Waals surface area contributed by atoms with Crippen molar-refractivity contribution in [2.24, 2.45) is 5.16 Å². The van der Waals surface area contributed by atoms with Crippen molar-refractivity contribution in [3.05, 3.63) is 56.7 Å². The molecule has 1 fully saturated rings. The maximum atomic E-state index is 13.4. The van der Waals surface area contributed by atoms with Crippen LogP contribution in [0.15, 0.2) is 49.3 Å². The molecule has 2 aliphatic heterocycles. The number of rotatable bonds is 12. The lowest BCUT2D eigenvalue weighted by Gasteiger charge is -2.49. The molecule has 5 rings (SSSR count). The molecule has 2 atom stereocenters. The van der Waals surface area contributed by atoms with Crippen LogP contribution in [0.3, 0.4) is 0 Å². The van der Waals surface area contributed by atoms with Gasteiger partial charge in [0, 0.05) is 23.0 Å². The van der Waals surface area contributed by atoms with Crippen LogP contribution in [0.5, 0.6) is 5.75 Å². The number of carboxylic acids is 1. The summed E-state index contributed by atoms with van der Waals surface area (Å²) in [7, 11) is 0. The number of β-lactam (4-membered cyclic amide) rings is 1. The highest BCUT2D eigenvalue weighted by atomic mass is 32.2. The number of anilines is 1. The summed E-state index contributed by atoms with van der Waals surface area (Å²) in [5.41, 5.74) is 5.52. The lowest BCUT2D eigenvalue weighted by molar-refractivity contribution is -0.150. The highest BCUT2D eigenvalue weighted by Crippen LogP contribution is 2.41. The summed E-state index contributed by atoms with van der Waals surface area (Å²) in [6.45, 7) is 1.60. The lowest BCUT2D eigenvalue weighted by atomic mass is 10.0. The van der Waals surface area contributed by atoms with Gasteiger partial charge >= 0.3 is 5.97 Å². The molecule has 2 aliphatic rings. The number of aromatic hydroxyl groups is 1. The number of nitrogens with zero attached hydrogens (tertiary/aromatic N) is 6. The molecule has 0 radical (unpaired) electrons. The number of hydrogen-bond acceptors (Lipinski definition) is 16. The van der Waals surface area contributed by atoms with E-state index in [1.54, 1.807) is 13.1 Å². The number of carboxylic acid groups (broad SMARTS) is 1. The minimum atomic E-state index is -1.24. The standard InChI is InChI=1S/C23H22N8O8S4/c1-2-39-30-5-14(33)13(32)3-11(30)6-38-28-16(12-9-42-23(24)26-12)19(34)27-17-20(35)31-18(22(36)37)10(8-41-21(17)31)7-40-15-4-25-29-43-15/h3-5,9,17,21,33H,2,6-8H2,1H3,(H2,24,26)(H,27,34)(H,36,37)/b28-16-/t17?,21-/m0/s1. The van der Waals surface area contributed by atoms with Crippen LogP contribution >= 0.6 is 46.4 Å². The topological polar surface area (TPSA) is 224 Å². The fourth-order valence-electron chi connectivity index (χ4n) is 4.06. The van der Waals surface area contributed by atoms with E-state index in [4.69, 9.17) is 15.4 Å². The largest absolute Gasteiger partial charge is 0.503 e. The van der Waals surface area contributed by atoms with Crippen LogP contribution in [0.2, 0.25) is 0 Å². The van der Waals surface area contributed by atoms with Crippen LogP contribution in [0.1, 0.15) is 18.3 Å². The van der Waals surface area contributed by atoms with Crippen molar-refractivity contribution in [3.63, 3.8) is 0 Å². The summed E-state index contributed by atoms with van der Waals surface area (Å²) < 4.78 is 5.74. The number of nitrogen functional groups attached to an aromatic ring is 1. The Kier molecular flexibility index (Phi) is 9.18. The average Bonchev–Trinajstić information content (AvgIpc) is 3.66. The number of aromatic nitrogens is 4. The zero-order valence-electron chi connectivity index (χ0n) is 22.0. The number of amides is 2. The molecule has 5 N–H and O–H groups in total. The van der Waals surface area contributed by atoms with Crippen molar-refractivity contribution in [3.8, 4) is 5.75 Å². The summed E-state index contributed by atoms with van der Waals surface area (Å²) in [4.78, 5) is 66.6. The number of nitrogens with one attached hydrogen (secondary N) is 1. The van der Waals surface area contributed by atoms with Gasteiger partial charge in [0.2, 0.25) is 5.43 Å². The van der Waals surface area contributed by atoms with Gasteiger partial charge in [-0.25, -0.2) is 9.78 Å². The minimum Gasteiger partial charge on any atom is -0.503 e. The van der Waals surface area contributed by atoms with Gasteiger partial charge in [0.1, 0.15) is 39.3 Å². The molecule has 226 valence electrons. The van der Waals surface area contributed by atoms with Crippen LogP contribution < -0.4 is 21.3 Å². The fourth-order valence-corrected chi connectivity index (χ4v) is 7.52. The second-order valence-electron chi connectivity index (χ2n) is 8.69. The van der Waals surface area contributed by atoms with E-state index in [0.29, 0.717) is 17.1 Å². The third kappa shape index (κ3) is 6.45. The van der Waals surface area contributed by atoms with Gasteiger partial charge in [-0.05, 0) is 24.0 Å². The highest BCUT2D eigenvalue weighted by molar-refractivity contribution is 8.01. The Bertz CT molecular complexity index is 1670. The number of pyridine rings is 1. The molecule has 0 saturated carbocycles. The van der Waals surface area contributed by atoms with E-state index in [2.05, 4.69) is 25.0 Å². The second-order valence-corrected chi connectivity index (χ2v) is 12.7. The predicted octanol–water partition coefficient (Wildman–Crippen LogP) is 0.344. The number of fused-ring (bicyclic) bond motifs is 1. The molecule has 0 aliphatic carbocycles. The molecule has 3 aromatic heterocycles. The first-order valence-electron chi connectivity index (χ1n) is 12.3. The summed E-state index contributed by atoms with van der Waals surface area (Å²) in [5.74, 6) is -2.49. The van der Waals surface area contributed by atoms with Gasteiger partial charge in [-0.2, -0.15) is 4.73 Å². The van der Waals surface area contributed by atoms with E-state index in [9.17, 15) is 29.4 Å². The Balaban J connectivity index is 1.32. The molecule has 3 aromatic rings. The molecule has 0 aromatic carbocycles. The Hall–Kier alpha value is -4.14. The summed E-state index contributed by atoms with van der Waals surface area (Å²) >= 11 is 4.94. The second kappa shape index (κ2) is 13.0. The zero-order valence-corrected chi connectivity index (χ0v) is 25.3. The maximum absolute atomic E-state index is 13.4. The van der Waals surface area contributed by atoms with Crippen molar-refractivity contribution in [2.75, 3.05) is 23.8 Å². The van der Waals surface area contributed by atoms with Crippen molar-refractivity contribution in [1.82, 2.24) is 29.5 Å². The van der Waals surface area contributed by atoms with Crippen LogP contribution in [-0.4, -0.2) is 87.4 Å². The van der Waals surface area contributed by atoms with Gasteiger partial charge in [0.25, 0.3) is 11.8 Å². The van der Waals surface area contributed by atoms with E-state index in [1.807, 2.05) is 0 Å². The minimum absolute atomic E-state index is 0.0795. The number of carbonyl (C=O) groups is 3. The first-order chi connectivity index (χ1) is 20.7. The van der Waals surface area contributed by atoms with E-state index < -0.39 is 40.4 Å². The van der Waals surface area contributed by atoms with Gasteiger partial charge in [-0.1, -0.05) is 9.64 Å². The third-order valence-corrected chi connectivity index (χ3v) is 9.89. The van der Waals surface area contributed by atoms with Gasteiger partial charge < -0.3 is 30.9 Å². The van der Waals surface area contributed by atoms with Crippen LogP contribution in [0.25, 0.3) is 0 Å². The molecule has 16 nitrogen and oxygen atoms in total. The van der Waals surface area contributed by atoms with Crippen molar-refractivity contribution in [1.29, 1.82) is 0 Å². The SMILES string of the molecule is CCOn1cc(O)c(=O)cc1CO/N=C(\C(=O)NC1C(=O)N2C(C(=O)O)=C(CSc3cnns3)CS[C@@H]12)c1csc(N)n1. The molecule has 1 saturated heterocycles. The Morgan fingerprint density at radius 3 is 2.84 bits per heavy atom. The van der Waals surface area contributed by atoms with Crippen LogP contribution in [-0.2, 0) is 25.8 Å². The molecule has 0 spiro atoms. The lowest BCUT2D eigenvalue weighted by Crippen LogP contribution is -2.71. The molecule has 0 bridgehead atoms. The molecular weight excluding hydrogens is 645 g/mol. The van der Waals surface area contributed by atoms with Crippen LogP contribution in [0, 0.1) is 0 Å². The third-order valence-electron chi connectivity index (χ3n) is 5.96. The van der Waals surface area contributed by atoms with E-state index in [0.717, 1.165) is 32.5 Å². The van der Waals surface area contributed by atoms with Gasteiger partial charge in [-0.15, -0.1) is 40.0 Å². The molecule has 2 amide bonds. The first kappa shape index (κ1) is 30.3. The van der Waals surface area contributed by atoms with E-state index >= 15 is 0 Å². The highest BCUT2D eigenvalue weighted by Gasteiger charge is 2.54. The van der Waals surface area contributed by atoms with Crippen molar-refractivity contribution in [2.45, 2.75) is 29.2 Å². The van der Waals surface area contributed by atoms with Gasteiger partial charge in [0.05, 0.1) is 12.4 Å². The molecule has 5 heterocycles. The number of nitrogens with two attached hydrogens (primary N) is 1. The molecular formula is C23H22N8O8S4. The van der Waals surface area contributed by atoms with Crippen molar-refractivity contribution < 1.29 is 34.3 Å². The number of carbonyl (C=O) groups excluding carboxylic acids is 2. The smallest absolute Gasteiger partial charge is 0.352 e. The number of thiazole rings is 1. The molecule has 1 unspecified atom stereocenters. The zero-order chi connectivity index (χ0) is 30.7. The number of hydrogen-bond donors (Lipinski definition) is 4. The normalized spacial score (nSPS) is 18.2. The number of oxime groups is 1.